The van der Waals surface area contributed by atoms with Crippen LogP contribution in [0, 0.1) is 5.82 Å². The van der Waals surface area contributed by atoms with Crippen LogP contribution in [-0.2, 0) is 4.74 Å². The average molecular weight is 259 g/mol. The minimum atomic E-state index is -0.808. The van der Waals surface area contributed by atoms with Gasteiger partial charge in [0.25, 0.3) is 0 Å². The van der Waals surface area contributed by atoms with E-state index < -0.39 is 11.9 Å². The van der Waals surface area contributed by atoms with Crippen LogP contribution < -0.4 is 0 Å². The SMILES string of the molecule is OC(CCC1CCCO1)c1cc(Cl)ccc1F. The van der Waals surface area contributed by atoms with E-state index in [0.717, 1.165) is 25.9 Å². The molecule has 0 spiro atoms. The maximum atomic E-state index is 13.5. The Morgan fingerprint density at radius 3 is 3.06 bits per heavy atom. The first kappa shape index (κ1) is 12.8. The van der Waals surface area contributed by atoms with Crippen molar-refractivity contribution in [3.05, 3.63) is 34.6 Å². The standard InChI is InChI=1S/C13H16ClFO2/c14-9-3-5-12(15)11(8-9)13(16)6-4-10-2-1-7-17-10/h3,5,8,10,13,16H,1-2,4,6-7H2. The Kier molecular flexibility index (Phi) is 4.37. The Labute approximate surface area is 105 Å². The summed E-state index contributed by atoms with van der Waals surface area (Å²) in [5.74, 6) is -0.408. The van der Waals surface area contributed by atoms with Crippen LogP contribution in [0.1, 0.15) is 37.4 Å². The first-order chi connectivity index (χ1) is 8.16. The van der Waals surface area contributed by atoms with Crippen LogP contribution in [-0.4, -0.2) is 17.8 Å². The fourth-order valence-corrected chi connectivity index (χ4v) is 2.32. The van der Waals surface area contributed by atoms with Crippen LogP contribution in [0.5, 0.6) is 0 Å². The van der Waals surface area contributed by atoms with Gasteiger partial charge >= 0.3 is 0 Å². The Morgan fingerprint density at radius 1 is 1.53 bits per heavy atom. The number of halogens is 2. The summed E-state index contributed by atoms with van der Waals surface area (Å²) in [4.78, 5) is 0. The zero-order valence-electron chi connectivity index (χ0n) is 9.53. The zero-order valence-corrected chi connectivity index (χ0v) is 10.3. The molecule has 2 atom stereocenters. The lowest BCUT2D eigenvalue weighted by Crippen LogP contribution is -2.08. The lowest BCUT2D eigenvalue weighted by atomic mass is 10.0. The van der Waals surface area contributed by atoms with E-state index in [1.165, 1.54) is 18.2 Å². The molecule has 0 aromatic heterocycles. The highest BCUT2D eigenvalue weighted by atomic mass is 35.5. The highest BCUT2D eigenvalue weighted by molar-refractivity contribution is 6.30. The molecule has 1 aromatic rings. The van der Waals surface area contributed by atoms with Gasteiger partial charge in [-0.05, 0) is 43.9 Å². The van der Waals surface area contributed by atoms with Crippen molar-refractivity contribution in [2.45, 2.75) is 37.9 Å². The number of hydrogen-bond acceptors (Lipinski definition) is 2. The van der Waals surface area contributed by atoms with Crippen LogP contribution >= 0.6 is 11.6 Å². The quantitative estimate of drug-likeness (QED) is 0.896. The molecule has 1 N–H and O–H groups in total. The third-order valence-corrected chi connectivity index (χ3v) is 3.34. The van der Waals surface area contributed by atoms with Crippen molar-refractivity contribution in [1.29, 1.82) is 0 Å². The Balaban J connectivity index is 1.93. The number of aliphatic hydroxyl groups excluding tert-OH is 1. The van der Waals surface area contributed by atoms with Gasteiger partial charge in [0.15, 0.2) is 0 Å². The number of aliphatic hydroxyl groups is 1. The minimum Gasteiger partial charge on any atom is -0.388 e. The van der Waals surface area contributed by atoms with Crippen molar-refractivity contribution < 1.29 is 14.2 Å². The predicted octanol–water partition coefficient (Wildman–Crippen LogP) is 3.47. The van der Waals surface area contributed by atoms with Crippen molar-refractivity contribution in [2.75, 3.05) is 6.61 Å². The molecular weight excluding hydrogens is 243 g/mol. The molecular formula is C13H16ClFO2. The minimum absolute atomic E-state index is 0.215. The molecule has 1 aliphatic rings. The van der Waals surface area contributed by atoms with E-state index in [0.29, 0.717) is 11.4 Å². The van der Waals surface area contributed by atoms with E-state index >= 15 is 0 Å². The van der Waals surface area contributed by atoms with Gasteiger partial charge in [-0.2, -0.15) is 0 Å². The molecule has 1 heterocycles. The van der Waals surface area contributed by atoms with E-state index in [1.54, 1.807) is 0 Å². The first-order valence-corrected chi connectivity index (χ1v) is 6.29. The largest absolute Gasteiger partial charge is 0.388 e. The molecule has 1 aliphatic heterocycles. The first-order valence-electron chi connectivity index (χ1n) is 5.91. The van der Waals surface area contributed by atoms with Crippen molar-refractivity contribution >= 4 is 11.6 Å². The molecule has 94 valence electrons. The number of hydrogen-bond donors (Lipinski definition) is 1. The highest BCUT2D eigenvalue weighted by Gasteiger charge is 2.19. The molecule has 2 unspecified atom stereocenters. The van der Waals surface area contributed by atoms with Crippen molar-refractivity contribution in [1.82, 2.24) is 0 Å². The summed E-state index contributed by atoms with van der Waals surface area (Å²) in [7, 11) is 0. The van der Waals surface area contributed by atoms with E-state index in [-0.39, 0.29) is 11.7 Å². The van der Waals surface area contributed by atoms with Gasteiger partial charge in [0.05, 0.1) is 12.2 Å². The second-order valence-electron chi connectivity index (χ2n) is 4.39. The van der Waals surface area contributed by atoms with Gasteiger partial charge in [0, 0.05) is 17.2 Å². The van der Waals surface area contributed by atoms with Gasteiger partial charge in [-0.15, -0.1) is 0 Å². The summed E-state index contributed by atoms with van der Waals surface area (Å²) in [6.45, 7) is 0.798. The predicted molar refractivity (Wildman–Crippen MR) is 64.6 cm³/mol. The van der Waals surface area contributed by atoms with Gasteiger partial charge in [0.2, 0.25) is 0 Å². The second kappa shape index (κ2) is 5.80. The fourth-order valence-electron chi connectivity index (χ4n) is 2.14. The number of rotatable bonds is 4. The highest BCUT2D eigenvalue weighted by Crippen LogP contribution is 2.27. The molecule has 1 aromatic carbocycles. The molecule has 0 saturated carbocycles. The van der Waals surface area contributed by atoms with Crippen molar-refractivity contribution in [2.24, 2.45) is 0 Å². The van der Waals surface area contributed by atoms with Crippen LogP contribution in [0.3, 0.4) is 0 Å². The van der Waals surface area contributed by atoms with E-state index in [2.05, 4.69) is 0 Å². The van der Waals surface area contributed by atoms with E-state index in [9.17, 15) is 9.50 Å². The van der Waals surface area contributed by atoms with Crippen molar-refractivity contribution in [3.63, 3.8) is 0 Å². The van der Waals surface area contributed by atoms with Crippen LogP contribution in [0.25, 0.3) is 0 Å². The summed E-state index contributed by atoms with van der Waals surface area (Å²) < 4.78 is 18.9. The summed E-state index contributed by atoms with van der Waals surface area (Å²) in [5, 5.41) is 10.4. The smallest absolute Gasteiger partial charge is 0.129 e. The lowest BCUT2D eigenvalue weighted by Gasteiger charge is -2.15. The van der Waals surface area contributed by atoms with Gasteiger partial charge in [-0.1, -0.05) is 11.6 Å². The molecule has 17 heavy (non-hydrogen) atoms. The summed E-state index contributed by atoms with van der Waals surface area (Å²) in [6, 6.07) is 4.25. The Hall–Kier alpha value is -0.640. The number of benzene rings is 1. The number of ether oxygens (including phenoxy) is 1. The van der Waals surface area contributed by atoms with E-state index in [1.807, 2.05) is 0 Å². The third-order valence-electron chi connectivity index (χ3n) is 3.10. The van der Waals surface area contributed by atoms with Crippen LogP contribution in [0.2, 0.25) is 5.02 Å². The van der Waals surface area contributed by atoms with Crippen LogP contribution in [0.4, 0.5) is 4.39 Å². The van der Waals surface area contributed by atoms with E-state index in [4.69, 9.17) is 16.3 Å². The molecule has 2 rings (SSSR count). The topological polar surface area (TPSA) is 29.5 Å². The van der Waals surface area contributed by atoms with Gasteiger partial charge < -0.3 is 9.84 Å². The summed E-state index contributed by atoms with van der Waals surface area (Å²) in [5.41, 5.74) is 0.274. The lowest BCUT2D eigenvalue weighted by molar-refractivity contribution is 0.0803. The maximum Gasteiger partial charge on any atom is 0.129 e. The Morgan fingerprint density at radius 2 is 2.35 bits per heavy atom. The monoisotopic (exact) mass is 258 g/mol. The fraction of sp³-hybridized carbons (Fsp3) is 0.538. The molecule has 0 radical (unpaired) electrons. The Bertz CT molecular complexity index is 378. The van der Waals surface area contributed by atoms with Gasteiger partial charge in [0.1, 0.15) is 5.82 Å². The molecule has 0 aliphatic carbocycles. The van der Waals surface area contributed by atoms with Crippen LogP contribution in [0.15, 0.2) is 18.2 Å². The van der Waals surface area contributed by atoms with Gasteiger partial charge in [-0.25, -0.2) is 4.39 Å². The van der Waals surface area contributed by atoms with Gasteiger partial charge in [-0.3, -0.25) is 0 Å². The molecule has 1 saturated heterocycles. The summed E-state index contributed by atoms with van der Waals surface area (Å²) >= 11 is 5.79. The normalized spacial score (nSPS) is 21.7. The molecule has 0 amide bonds. The molecule has 1 fully saturated rings. The second-order valence-corrected chi connectivity index (χ2v) is 4.83. The molecule has 4 heteroatoms. The average Bonchev–Trinajstić information content (AvgIpc) is 2.82. The molecule has 0 bridgehead atoms. The molecule has 2 nitrogen and oxygen atoms in total. The zero-order chi connectivity index (χ0) is 12.3. The summed E-state index contributed by atoms with van der Waals surface area (Å²) in [6.07, 6.45) is 2.77. The van der Waals surface area contributed by atoms with Crippen molar-refractivity contribution in [3.8, 4) is 0 Å². The maximum absolute atomic E-state index is 13.5. The third kappa shape index (κ3) is 3.41.